The van der Waals surface area contributed by atoms with Crippen LogP contribution >= 0.6 is 0 Å². The maximum absolute atomic E-state index is 12.9. The van der Waals surface area contributed by atoms with Crippen molar-refractivity contribution in [1.29, 1.82) is 0 Å². The van der Waals surface area contributed by atoms with Gasteiger partial charge in [-0.15, -0.1) is 0 Å². The number of rotatable bonds is 10. The Kier molecular flexibility index (Phi) is 8.84. The molecule has 0 saturated heterocycles. The van der Waals surface area contributed by atoms with E-state index in [0.717, 1.165) is 22.9 Å². The molecule has 32 heavy (non-hydrogen) atoms. The third kappa shape index (κ3) is 6.40. The predicted octanol–water partition coefficient (Wildman–Crippen LogP) is 3.71. The van der Waals surface area contributed by atoms with E-state index in [1.165, 1.54) is 32.1 Å². The number of aromatic nitrogens is 1. The summed E-state index contributed by atoms with van der Waals surface area (Å²) < 4.78 is 5.86. The van der Waals surface area contributed by atoms with Gasteiger partial charge in [0.15, 0.2) is 0 Å². The molecular formula is C25H39N5O2. The van der Waals surface area contributed by atoms with E-state index >= 15 is 0 Å². The summed E-state index contributed by atoms with van der Waals surface area (Å²) >= 11 is 0. The Bertz CT molecular complexity index is 895. The monoisotopic (exact) mass is 441 g/mol. The van der Waals surface area contributed by atoms with Crippen LogP contribution in [0.25, 0.3) is 10.9 Å². The molecule has 7 heteroatoms. The van der Waals surface area contributed by atoms with Gasteiger partial charge in [0.05, 0.1) is 23.3 Å². The molecule has 1 heterocycles. The van der Waals surface area contributed by atoms with Crippen LogP contribution < -0.4 is 21.7 Å². The van der Waals surface area contributed by atoms with Crippen LogP contribution in [0, 0.1) is 6.92 Å². The van der Waals surface area contributed by atoms with Crippen LogP contribution in [0.15, 0.2) is 24.3 Å². The highest BCUT2D eigenvalue weighted by Gasteiger charge is 2.25. The van der Waals surface area contributed by atoms with E-state index < -0.39 is 6.17 Å². The van der Waals surface area contributed by atoms with E-state index in [0.29, 0.717) is 24.0 Å². The van der Waals surface area contributed by atoms with Crippen molar-refractivity contribution in [3.63, 3.8) is 0 Å². The zero-order valence-electron chi connectivity index (χ0n) is 19.9. The first-order valence-electron chi connectivity index (χ1n) is 11.9. The smallest absolute Gasteiger partial charge is 0.256 e. The van der Waals surface area contributed by atoms with Crippen molar-refractivity contribution in [3.05, 3.63) is 35.4 Å². The summed E-state index contributed by atoms with van der Waals surface area (Å²) in [6.07, 6.45) is 6.87. The van der Waals surface area contributed by atoms with Crippen LogP contribution in [0.1, 0.15) is 68.3 Å². The normalized spacial score (nSPS) is 17.7. The summed E-state index contributed by atoms with van der Waals surface area (Å²) in [6, 6.07) is 8.72. The zero-order chi connectivity index (χ0) is 23.1. The number of hydrogen-bond donors (Lipinski definition) is 4. The minimum Gasteiger partial charge on any atom is -0.378 e. The first-order valence-corrected chi connectivity index (χ1v) is 11.9. The Hall–Kier alpha value is -2.22. The minimum atomic E-state index is -0.445. The molecule has 1 aromatic carbocycles. The van der Waals surface area contributed by atoms with Crippen LogP contribution in [-0.4, -0.2) is 48.9 Å². The van der Waals surface area contributed by atoms with Gasteiger partial charge in [-0.25, -0.2) is 4.98 Å². The average Bonchev–Trinajstić information content (AvgIpc) is 2.78. The molecule has 0 aliphatic heterocycles. The van der Waals surface area contributed by atoms with E-state index in [-0.39, 0.29) is 18.1 Å². The van der Waals surface area contributed by atoms with Crippen LogP contribution in [0.2, 0.25) is 0 Å². The molecule has 1 aliphatic carbocycles. The molecule has 176 valence electrons. The summed E-state index contributed by atoms with van der Waals surface area (Å²) in [5, 5.41) is 10.9. The molecule has 1 saturated carbocycles. The molecule has 0 spiro atoms. The van der Waals surface area contributed by atoms with Gasteiger partial charge >= 0.3 is 0 Å². The number of carbonyl (C=O) groups is 1. The molecule has 1 aromatic heterocycles. The number of nitrogens with two attached hydrogens (primary N) is 1. The van der Waals surface area contributed by atoms with Gasteiger partial charge in [-0.05, 0) is 51.3 Å². The van der Waals surface area contributed by atoms with Crippen molar-refractivity contribution in [2.75, 3.05) is 19.0 Å². The molecular weight excluding hydrogens is 402 g/mol. The molecule has 7 nitrogen and oxygen atoms in total. The third-order valence-electron chi connectivity index (χ3n) is 6.29. The van der Waals surface area contributed by atoms with E-state index in [1.54, 1.807) is 14.0 Å². The standard InChI is InChI=1S/C25H39N5O2/c1-5-21(29-19-9-7-6-8-10-19)23(32-4)15-27-24-20(25(31)28-17(3)26)14-18-13-16(2)11-12-22(18)30-24/h11-14,17,19,21,23,29H,5-10,15,26H2,1-4H3,(H,27,30)(H,28,31). The van der Waals surface area contributed by atoms with Crippen molar-refractivity contribution < 1.29 is 9.53 Å². The molecule has 2 aromatic rings. The Morgan fingerprint density at radius 3 is 2.66 bits per heavy atom. The number of nitrogens with one attached hydrogen (secondary N) is 3. The lowest BCUT2D eigenvalue weighted by atomic mass is 9.94. The van der Waals surface area contributed by atoms with Gasteiger partial charge in [0.1, 0.15) is 5.82 Å². The lowest BCUT2D eigenvalue weighted by Crippen LogP contribution is -2.49. The van der Waals surface area contributed by atoms with E-state index in [1.807, 2.05) is 31.2 Å². The fourth-order valence-electron chi connectivity index (χ4n) is 4.54. The van der Waals surface area contributed by atoms with Crippen molar-refractivity contribution in [2.45, 2.75) is 83.6 Å². The van der Waals surface area contributed by atoms with Gasteiger partial charge in [0, 0.05) is 31.1 Å². The molecule has 3 unspecified atom stereocenters. The van der Waals surface area contributed by atoms with Gasteiger partial charge in [0.2, 0.25) is 0 Å². The minimum absolute atomic E-state index is 0.0400. The van der Waals surface area contributed by atoms with E-state index in [4.69, 9.17) is 15.5 Å². The Balaban J connectivity index is 1.80. The van der Waals surface area contributed by atoms with Crippen LogP contribution in [0.3, 0.4) is 0 Å². The fourth-order valence-corrected chi connectivity index (χ4v) is 4.54. The van der Waals surface area contributed by atoms with E-state index in [2.05, 4.69) is 22.9 Å². The number of hydrogen-bond acceptors (Lipinski definition) is 6. The highest BCUT2D eigenvalue weighted by molar-refractivity contribution is 6.02. The fraction of sp³-hybridized carbons (Fsp3) is 0.600. The first kappa shape index (κ1) is 24.4. The summed E-state index contributed by atoms with van der Waals surface area (Å²) in [7, 11) is 1.75. The van der Waals surface area contributed by atoms with Crippen LogP contribution in [-0.2, 0) is 4.74 Å². The number of methoxy groups -OCH3 is 1. The van der Waals surface area contributed by atoms with Crippen molar-refractivity contribution in [2.24, 2.45) is 5.73 Å². The molecule has 1 amide bonds. The molecule has 5 N–H and O–H groups in total. The Morgan fingerprint density at radius 1 is 1.25 bits per heavy atom. The average molecular weight is 442 g/mol. The number of nitrogens with zero attached hydrogens (tertiary/aromatic N) is 1. The quantitative estimate of drug-likeness (QED) is 0.419. The Morgan fingerprint density at radius 2 is 2.00 bits per heavy atom. The molecule has 1 fully saturated rings. The highest BCUT2D eigenvalue weighted by atomic mass is 16.5. The van der Waals surface area contributed by atoms with Gasteiger partial charge in [-0.3, -0.25) is 4.79 Å². The number of anilines is 1. The van der Waals surface area contributed by atoms with Crippen LogP contribution in [0.5, 0.6) is 0 Å². The summed E-state index contributed by atoms with van der Waals surface area (Å²) in [5.41, 5.74) is 8.26. The molecule has 3 atom stereocenters. The largest absolute Gasteiger partial charge is 0.378 e. The SMILES string of the molecule is CCC(NC1CCCCC1)C(CNc1nc2ccc(C)cc2cc1C(=O)NC(C)N)OC. The number of carbonyl (C=O) groups excluding carboxylic acids is 1. The van der Waals surface area contributed by atoms with E-state index in [9.17, 15) is 4.79 Å². The number of ether oxygens (including phenoxy) is 1. The van der Waals surface area contributed by atoms with Gasteiger partial charge in [-0.2, -0.15) is 0 Å². The number of benzene rings is 1. The first-order chi connectivity index (χ1) is 15.4. The lowest BCUT2D eigenvalue weighted by molar-refractivity contribution is 0.0698. The van der Waals surface area contributed by atoms with Crippen molar-refractivity contribution in [1.82, 2.24) is 15.6 Å². The number of pyridine rings is 1. The van der Waals surface area contributed by atoms with Crippen LogP contribution in [0.4, 0.5) is 5.82 Å². The molecule has 3 rings (SSSR count). The molecule has 0 bridgehead atoms. The summed E-state index contributed by atoms with van der Waals surface area (Å²) in [5.74, 6) is 0.314. The highest BCUT2D eigenvalue weighted by Crippen LogP contribution is 2.23. The Labute approximate surface area is 191 Å². The van der Waals surface area contributed by atoms with Gasteiger partial charge in [0.25, 0.3) is 5.91 Å². The zero-order valence-corrected chi connectivity index (χ0v) is 19.9. The number of amides is 1. The summed E-state index contributed by atoms with van der Waals surface area (Å²) in [6.45, 7) is 6.51. The predicted molar refractivity (Wildman–Crippen MR) is 131 cm³/mol. The number of aryl methyl sites for hydroxylation is 1. The second-order valence-electron chi connectivity index (χ2n) is 9.01. The second kappa shape index (κ2) is 11.6. The third-order valence-corrected chi connectivity index (χ3v) is 6.29. The van der Waals surface area contributed by atoms with Crippen molar-refractivity contribution in [3.8, 4) is 0 Å². The van der Waals surface area contributed by atoms with Gasteiger partial charge in [-0.1, -0.05) is 37.8 Å². The maximum Gasteiger partial charge on any atom is 0.256 e. The molecule has 0 radical (unpaired) electrons. The molecule has 1 aliphatic rings. The number of fused-ring (bicyclic) bond motifs is 1. The lowest BCUT2D eigenvalue weighted by Gasteiger charge is -2.32. The summed E-state index contributed by atoms with van der Waals surface area (Å²) in [4.78, 5) is 17.6. The van der Waals surface area contributed by atoms with Crippen molar-refractivity contribution >= 4 is 22.6 Å². The second-order valence-corrected chi connectivity index (χ2v) is 9.01. The topological polar surface area (TPSA) is 101 Å². The maximum atomic E-state index is 12.9. The van der Waals surface area contributed by atoms with Gasteiger partial charge < -0.3 is 26.4 Å².